The Labute approximate surface area is 128 Å². The third-order valence-electron chi connectivity index (χ3n) is 5.85. The van der Waals surface area contributed by atoms with Crippen LogP contribution < -0.4 is 5.32 Å². The van der Waals surface area contributed by atoms with Crippen molar-refractivity contribution in [2.45, 2.75) is 88.9 Å². The van der Waals surface area contributed by atoms with Crippen LogP contribution in [0.3, 0.4) is 0 Å². The molecule has 4 unspecified atom stereocenters. The number of hydrogen-bond acceptors (Lipinski definition) is 3. The summed E-state index contributed by atoms with van der Waals surface area (Å²) in [6.45, 7) is 5.80. The number of hydrogen-bond donors (Lipinski definition) is 2. The molecule has 0 aromatic rings. The average molecular weight is 294 g/mol. The number of piperidine rings is 1. The van der Waals surface area contributed by atoms with Gasteiger partial charge in [0.05, 0.1) is 0 Å². The first-order valence-electron chi connectivity index (χ1n) is 8.77. The predicted molar refractivity (Wildman–Crippen MR) is 83.3 cm³/mol. The summed E-state index contributed by atoms with van der Waals surface area (Å²) < 4.78 is 0. The molecule has 0 amide bonds. The van der Waals surface area contributed by atoms with Crippen molar-refractivity contribution in [1.29, 1.82) is 0 Å². The monoisotopic (exact) mass is 294 g/mol. The molecule has 0 aromatic carbocycles. The molecular formula is C17H30N2O2. The van der Waals surface area contributed by atoms with Gasteiger partial charge < -0.3 is 5.11 Å². The van der Waals surface area contributed by atoms with Crippen LogP contribution in [0.1, 0.15) is 65.2 Å². The average Bonchev–Trinajstić information content (AvgIpc) is 3.22. The van der Waals surface area contributed by atoms with Crippen molar-refractivity contribution < 1.29 is 9.90 Å². The first kappa shape index (κ1) is 15.3. The Hall–Kier alpha value is -0.610. The number of rotatable bonds is 4. The van der Waals surface area contributed by atoms with Crippen molar-refractivity contribution >= 4 is 5.97 Å². The molecule has 4 heteroatoms. The quantitative estimate of drug-likeness (QED) is 0.837. The van der Waals surface area contributed by atoms with E-state index in [1.54, 1.807) is 0 Å². The molecule has 2 saturated carbocycles. The van der Waals surface area contributed by atoms with Crippen LogP contribution in [0.15, 0.2) is 0 Å². The normalized spacial score (nSPS) is 41.9. The number of aliphatic carboxylic acids is 1. The molecule has 0 spiro atoms. The van der Waals surface area contributed by atoms with E-state index in [4.69, 9.17) is 0 Å². The van der Waals surface area contributed by atoms with E-state index in [1.165, 1.54) is 19.3 Å². The Morgan fingerprint density at radius 3 is 2.62 bits per heavy atom. The van der Waals surface area contributed by atoms with Gasteiger partial charge in [-0.2, -0.15) is 0 Å². The van der Waals surface area contributed by atoms with Crippen LogP contribution >= 0.6 is 0 Å². The molecule has 4 nitrogen and oxygen atoms in total. The molecule has 1 heterocycles. The highest BCUT2D eigenvalue weighted by atomic mass is 16.4. The molecule has 3 rings (SSSR count). The van der Waals surface area contributed by atoms with Gasteiger partial charge in [0.1, 0.15) is 5.54 Å². The Morgan fingerprint density at radius 1 is 1.24 bits per heavy atom. The summed E-state index contributed by atoms with van der Waals surface area (Å²) in [6.07, 6.45) is 8.61. The minimum atomic E-state index is -0.660. The number of likely N-dealkylation sites (tertiary alicyclic amines) is 1. The zero-order chi connectivity index (χ0) is 15.0. The van der Waals surface area contributed by atoms with E-state index in [9.17, 15) is 9.90 Å². The zero-order valence-electron chi connectivity index (χ0n) is 13.5. The molecule has 1 saturated heterocycles. The second-order valence-electron chi connectivity index (χ2n) is 7.77. The maximum absolute atomic E-state index is 11.9. The predicted octanol–water partition coefficient (Wildman–Crippen LogP) is 2.62. The molecule has 3 aliphatic rings. The summed E-state index contributed by atoms with van der Waals surface area (Å²) >= 11 is 0. The summed E-state index contributed by atoms with van der Waals surface area (Å²) in [4.78, 5) is 14.5. The van der Waals surface area contributed by atoms with E-state index in [0.29, 0.717) is 18.1 Å². The lowest BCUT2D eigenvalue weighted by Gasteiger charge is -2.47. The highest BCUT2D eigenvalue weighted by molar-refractivity contribution is 5.79. The van der Waals surface area contributed by atoms with Crippen molar-refractivity contribution in [3.63, 3.8) is 0 Å². The van der Waals surface area contributed by atoms with Crippen LogP contribution in [-0.2, 0) is 4.79 Å². The van der Waals surface area contributed by atoms with Crippen LogP contribution in [-0.4, -0.2) is 46.2 Å². The van der Waals surface area contributed by atoms with E-state index in [0.717, 1.165) is 44.6 Å². The molecule has 2 N–H and O–H groups in total. The molecule has 1 aliphatic heterocycles. The third kappa shape index (κ3) is 3.26. The summed E-state index contributed by atoms with van der Waals surface area (Å²) in [7, 11) is 0. The minimum Gasteiger partial charge on any atom is -0.480 e. The Bertz CT molecular complexity index is 396. The van der Waals surface area contributed by atoms with Crippen LogP contribution in [0.5, 0.6) is 0 Å². The molecule has 0 radical (unpaired) electrons. The van der Waals surface area contributed by atoms with Gasteiger partial charge in [-0.3, -0.25) is 15.0 Å². The van der Waals surface area contributed by atoms with Crippen molar-refractivity contribution in [2.75, 3.05) is 6.54 Å². The smallest absolute Gasteiger partial charge is 0.323 e. The summed E-state index contributed by atoms with van der Waals surface area (Å²) in [6, 6.07) is 1.51. The van der Waals surface area contributed by atoms with E-state index >= 15 is 0 Å². The molecule has 0 aromatic heterocycles. The van der Waals surface area contributed by atoms with Crippen LogP contribution in [0.4, 0.5) is 0 Å². The van der Waals surface area contributed by atoms with Gasteiger partial charge in [-0.1, -0.05) is 6.92 Å². The second-order valence-corrected chi connectivity index (χ2v) is 7.77. The first-order chi connectivity index (χ1) is 10.00. The van der Waals surface area contributed by atoms with Crippen molar-refractivity contribution in [1.82, 2.24) is 10.2 Å². The number of nitrogens with zero attached hydrogens (tertiary/aromatic N) is 1. The first-order valence-corrected chi connectivity index (χ1v) is 8.77. The van der Waals surface area contributed by atoms with E-state index in [-0.39, 0.29) is 0 Å². The highest BCUT2D eigenvalue weighted by Crippen LogP contribution is 2.37. The number of carboxylic acid groups (broad SMARTS) is 1. The highest BCUT2D eigenvalue weighted by Gasteiger charge is 2.47. The standard InChI is InChI=1S/C17H30N2O2/c1-12-7-9-19(13(2)10-12)15-4-3-8-17(11-15,16(20)21)18-14-5-6-14/h12-15,18H,3-11H2,1-2H3,(H,20,21). The second kappa shape index (κ2) is 5.88. The lowest BCUT2D eigenvalue weighted by Crippen LogP contribution is -2.60. The maximum atomic E-state index is 11.9. The maximum Gasteiger partial charge on any atom is 0.323 e. The topological polar surface area (TPSA) is 52.6 Å². The number of carboxylic acids is 1. The van der Waals surface area contributed by atoms with Crippen molar-refractivity contribution in [2.24, 2.45) is 5.92 Å². The van der Waals surface area contributed by atoms with Crippen LogP contribution in [0, 0.1) is 5.92 Å². The van der Waals surface area contributed by atoms with Gasteiger partial charge in [0, 0.05) is 18.1 Å². The molecule has 0 bridgehead atoms. The number of nitrogens with one attached hydrogen (secondary N) is 1. The summed E-state index contributed by atoms with van der Waals surface area (Å²) in [5.41, 5.74) is -0.660. The van der Waals surface area contributed by atoms with Gasteiger partial charge in [0.2, 0.25) is 0 Å². The molecule has 4 atom stereocenters. The van der Waals surface area contributed by atoms with Gasteiger partial charge >= 0.3 is 5.97 Å². The number of carbonyl (C=O) groups is 1. The summed E-state index contributed by atoms with van der Waals surface area (Å²) in [5.74, 6) is 0.186. The fourth-order valence-corrected chi connectivity index (χ4v) is 4.50. The Balaban J connectivity index is 1.70. The molecule has 120 valence electrons. The van der Waals surface area contributed by atoms with Gasteiger partial charge in [-0.05, 0) is 70.8 Å². The third-order valence-corrected chi connectivity index (χ3v) is 5.85. The van der Waals surface area contributed by atoms with Crippen LogP contribution in [0.25, 0.3) is 0 Å². The van der Waals surface area contributed by atoms with E-state index in [2.05, 4.69) is 24.1 Å². The molecule has 2 aliphatic carbocycles. The molecular weight excluding hydrogens is 264 g/mol. The Morgan fingerprint density at radius 2 is 2.00 bits per heavy atom. The van der Waals surface area contributed by atoms with Crippen molar-refractivity contribution in [3.8, 4) is 0 Å². The zero-order valence-corrected chi connectivity index (χ0v) is 13.5. The van der Waals surface area contributed by atoms with Gasteiger partial charge in [-0.25, -0.2) is 0 Å². The van der Waals surface area contributed by atoms with Gasteiger partial charge in [0.15, 0.2) is 0 Å². The van der Waals surface area contributed by atoms with Gasteiger partial charge in [-0.15, -0.1) is 0 Å². The molecule has 21 heavy (non-hydrogen) atoms. The van der Waals surface area contributed by atoms with E-state index in [1.807, 2.05) is 0 Å². The SMILES string of the molecule is CC1CCN(C2CCCC(NC3CC3)(C(=O)O)C2)C(C)C1. The minimum absolute atomic E-state index is 0.448. The Kier molecular flexibility index (Phi) is 4.28. The van der Waals surface area contributed by atoms with Crippen LogP contribution in [0.2, 0.25) is 0 Å². The van der Waals surface area contributed by atoms with E-state index < -0.39 is 11.5 Å². The largest absolute Gasteiger partial charge is 0.480 e. The van der Waals surface area contributed by atoms with Crippen molar-refractivity contribution in [3.05, 3.63) is 0 Å². The lowest BCUT2D eigenvalue weighted by molar-refractivity contribution is -0.148. The lowest BCUT2D eigenvalue weighted by atomic mass is 9.77. The molecule has 3 fully saturated rings. The fraction of sp³-hybridized carbons (Fsp3) is 0.941. The fourth-order valence-electron chi connectivity index (χ4n) is 4.50. The van der Waals surface area contributed by atoms with Gasteiger partial charge in [0.25, 0.3) is 0 Å². The summed E-state index contributed by atoms with van der Waals surface area (Å²) in [5, 5.41) is 13.3.